The SMILES string of the molecule is O=C(O)c1nn(Cc2cc(F)cc3c2OC(c2ccccc2)OC3)c(=O)c2ccccc12. The maximum absolute atomic E-state index is 14.3. The molecule has 0 saturated heterocycles. The van der Waals surface area contributed by atoms with E-state index in [2.05, 4.69) is 5.10 Å². The summed E-state index contributed by atoms with van der Waals surface area (Å²) < 4.78 is 27.1. The van der Waals surface area contributed by atoms with Crippen molar-refractivity contribution in [3.8, 4) is 5.75 Å². The van der Waals surface area contributed by atoms with Crippen LogP contribution in [-0.4, -0.2) is 20.9 Å². The van der Waals surface area contributed by atoms with Crippen molar-refractivity contribution in [2.24, 2.45) is 0 Å². The molecule has 0 saturated carbocycles. The lowest BCUT2D eigenvalue weighted by Gasteiger charge is -2.28. The van der Waals surface area contributed by atoms with Gasteiger partial charge in [-0.25, -0.2) is 13.9 Å². The Kier molecular flexibility index (Phi) is 4.91. The van der Waals surface area contributed by atoms with Crippen LogP contribution >= 0.6 is 0 Å². The van der Waals surface area contributed by atoms with Crippen LogP contribution < -0.4 is 10.3 Å². The first-order valence-electron chi connectivity index (χ1n) is 9.89. The molecule has 1 N–H and O–H groups in total. The lowest BCUT2D eigenvalue weighted by Crippen LogP contribution is -2.27. The lowest BCUT2D eigenvalue weighted by molar-refractivity contribution is -0.112. The van der Waals surface area contributed by atoms with E-state index in [0.29, 0.717) is 16.9 Å². The summed E-state index contributed by atoms with van der Waals surface area (Å²) >= 11 is 0. The molecular formula is C24H17FN2O5. The number of halogens is 1. The third-order valence-corrected chi connectivity index (χ3v) is 5.28. The number of fused-ring (bicyclic) bond motifs is 2. The molecular weight excluding hydrogens is 415 g/mol. The zero-order chi connectivity index (χ0) is 22.2. The maximum Gasteiger partial charge on any atom is 0.357 e. The number of aromatic nitrogens is 2. The maximum atomic E-state index is 14.3. The van der Waals surface area contributed by atoms with Crippen LogP contribution in [0.5, 0.6) is 5.75 Å². The molecule has 4 aromatic rings. The normalized spacial score (nSPS) is 15.2. The zero-order valence-corrected chi connectivity index (χ0v) is 16.7. The number of nitrogens with zero attached hydrogens (tertiary/aromatic N) is 2. The molecule has 2 heterocycles. The summed E-state index contributed by atoms with van der Waals surface area (Å²) in [6.07, 6.45) is -0.691. The van der Waals surface area contributed by atoms with E-state index in [4.69, 9.17) is 9.47 Å². The quantitative estimate of drug-likeness (QED) is 0.526. The van der Waals surface area contributed by atoms with Crippen LogP contribution in [0.15, 0.2) is 71.5 Å². The van der Waals surface area contributed by atoms with Crippen LogP contribution in [-0.2, 0) is 17.9 Å². The van der Waals surface area contributed by atoms with Gasteiger partial charge >= 0.3 is 5.97 Å². The molecule has 0 amide bonds. The third kappa shape index (κ3) is 3.50. The molecule has 1 aliphatic rings. The summed E-state index contributed by atoms with van der Waals surface area (Å²) in [4.78, 5) is 24.7. The summed E-state index contributed by atoms with van der Waals surface area (Å²) in [6.45, 7) is -0.0361. The third-order valence-electron chi connectivity index (χ3n) is 5.28. The Labute approximate surface area is 181 Å². The smallest absolute Gasteiger partial charge is 0.357 e. The molecule has 7 nitrogen and oxygen atoms in total. The van der Waals surface area contributed by atoms with Crippen LogP contribution in [0.25, 0.3) is 10.8 Å². The number of benzene rings is 3. The number of ether oxygens (including phenoxy) is 2. The molecule has 160 valence electrons. The first kappa shape index (κ1) is 19.9. The van der Waals surface area contributed by atoms with Gasteiger partial charge in [-0.15, -0.1) is 0 Å². The van der Waals surface area contributed by atoms with E-state index in [9.17, 15) is 19.1 Å². The fourth-order valence-corrected chi connectivity index (χ4v) is 3.83. The standard InChI is InChI=1S/C24H17FN2O5/c25-17-10-15(21-16(11-17)13-31-24(32-21)14-6-2-1-3-7-14)12-27-22(28)19-9-5-4-8-18(19)20(26-27)23(29)30/h1-11,24H,12-13H2,(H,29,30). The highest BCUT2D eigenvalue weighted by Gasteiger charge is 2.26. The Hall–Kier alpha value is -4.04. The van der Waals surface area contributed by atoms with E-state index >= 15 is 0 Å². The van der Waals surface area contributed by atoms with Gasteiger partial charge in [-0.1, -0.05) is 48.5 Å². The highest BCUT2D eigenvalue weighted by molar-refractivity contribution is 6.01. The average molecular weight is 432 g/mol. The van der Waals surface area contributed by atoms with Crippen molar-refractivity contribution in [2.45, 2.75) is 19.4 Å². The van der Waals surface area contributed by atoms with Gasteiger partial charge in [0.05, 0.1) is 18.5 Å². The summed E-state index contributed by atoms with van der Waals surface area (Å²) in [6, 6.07) is 18.2. The Bertz CT molecular complexity index is 1400. The van der Waals surface area contributed by atoms with E-state index in [1.807, 2.05) is 30.3 Å². The number of carboxylic acids is 1. The fraction of sp³-hybridized carbons (Fsp3) is 0.125. The number of hydrogen-bond acceptors (Lipinski definition) is 5. The molecule has 0 radical (unpaired) electrons. The summed E-state index contributed by atoms with van der Waals surface area (Å²) in [7, 11) is 0. The molecule has 1 aliphatic heterocycles. The van der Waals surface area contributed by atoms with Crippen molar-refractivity contribution >= 4 is 16.7 Å². The number of rotatable bonds is 4. The molecule has 3 aromatic carbocycles. The van der Waals surface area contributed by atoms with Gasteiger partial charge in [0, 0.05) is 22.1 Å². The number of aromatic carboxylic acids is 1. The summed E-state index contributed by atoms with van der Waals surface area (Å²) in [5.74, 6) is -1.38. The predicted octanol–water partition coefficient (Wildman–Crippen LogP) is 3.89. The van der Waals surface area contributed by atoms with Crippen molar-refractivity contribution < 1.29 is 23.8 Å². The predicted molar refractivity (Wildman–Crippen MR) is 113 cm³/mol. The second-order valence-corrected chi connectivity index (χ2v) is 7.39. The van der Waals surface area contributed by atoms with Crippen LogP contribution in [0.1, 0.15) is 33.5 Å². The number of carbonyl (C=O) groups is 1. The Balaban J connectivity index is 1.60. The zero-order valence-electron chi connectivity index (χ0n) is 16.7. The van der Waals surface area contributed by atoms with Crippen LogP contribution in [0.4, 0.5) is 4.39 Å². The van der Waals surface area contributed by atoms with Gasteiger partial charge in [0.15, 0.2) is 5.69 Å². The Morgan fingerprint density at radius 2 is 1.81 bits per heavy atom. The van der Waals surface area contributed by atoms with Crippen molar-refractivity contribution in [2.75, 3.05) is 0 Å². The monoisotopic (exact) mass is 432 g/mol. The highest BCUT2D eigenvalue weighted by Crippen LogP contribution is 2.36. The van der Waals surface area contributed by atoms with E-state index in [0.717, 1.165) is 10.2 Å². The van der Waals surface area contributed by atoms with Gasteiger partial charge in [-0.05, 0) is 18.2 Å². The van der Waals surface area contributed by atoms with Crippen LogP contribution in [0.3, 0.4) is 0 Å². The second kappa shape index (κ2) is 7.90. The van der Waals surface area contributed by atoms with Gasteiger partial charge in [0.25, 0.3) is 5.56 Å². The van der Waals surface area contributed by atoms with Gasteiger partial charge in [0.1, 0.15) is 11.6 Å². The van der Waals surface area contributed by atoms with E-state index in [1.54, 1.807) is 18.2 Å². The van der Waals surface area contributed by atoms with Gasteiger partial charge < -0.3 is 14.6 Å². The fourth-order valence-electron chi connectivity index (χ4n) is 3.83. The Morgan fingerprint density at radius 1 is 1.09 bits per heavy atom. The van der Waals surface area contributed by atoms with Crippen molar-refractivity contribution in [1.29, 1.82) is 0 Å². The largest absolute Gasteiger partial charge is 0.476 e. The minimum absolute atomic E-state index is 0.125. The lowest BCUT2D eigenvalue weighted by atomic mass is 10.1. The van der Waals surface area contributed by atoms with Crippen molar-refractivity contribution in [3.63, 3.8) is 0 Å². The van der Waals surface area contributed by atoms with Gasteiger partial charge in [-0.2, -0.15) is 5.10 Å². The average Bonchev–Trinajstić information content (AvgIpc) is 2.81. The first-order chi connectivity index (χ1) is 15.5. The Morgan fingerprint density at radius 3 is 2.56 bits per heavy atom. The van der Waals surface area contributed by atoms with Crippen LogP contribution in [0, 0.1) is 5.82 Å². The minimum atomic E-state index is -1.26. The number of hydrogen-bond donors (Lipinski definition) is 1. The van der Waals surface area contributed by atoms with E-state index in [-0.39, 0.29) is 29.6 Å². The van der Waals surface area contributed by atoms with Gasteiger partial charge in [-0.3, -0.25) is 4.79 Å². The van der Waals surface area contributed by atoms with Crippen molar-refractivity contribution in [1.82, 2.24) is 9.78 Å². The first-order valence-corrected chi connectivity index (χ1v) is 9.89. The molecule has 32 heavy (non-hydrogen) atoms. The molecule has 8 heteroatoms. The summed E-state index contributed by atoms with van der Waals surface area (Å²) in [5.41, 5.74) is 0.930. The molecule has 0 spiro atoms. The molecule has 0 aliphatic carbocycles. The molecule has 1 aromatic heterocycles. The molecule has 1 atom stereocenters. The molecule has 5 rings (SSSR count). The molecule has 0 fully saturated rings. The van der Waals surface area contributed by atoms with Crippen LogP contribution in [0.2, 0.25) is 0 Å². The number of carboxylic acid groups (broad SMARTS) is 1. The van der Waals surface area contributed by atoms with Gasteiger partial charge in [0.2, 0.25) is 6.29 Å². The second-order valence-electron chi connectivity index (χ2n) is 7.39. The van der Waals surface area contributed by atoms with E-state index in [1.165, 1.54) is 18.2 Å². The van der Waals surface area contributed by atoms with Crippen molar-refractivity contribution in [3.05, 3.63) is 105 Å². The minimum Gasteiger partial charge on any atom is -0.476 e. The molecule has 0 bridgehead atoms. The highest BCUT2D eigenvalue weighted by atomic mass is 19.1. The molecule has 1 unspecified atom stereocenters. The summed E-state index contributed by atoms with van der Waals surface area (Å²) in [5, 5.41) is 14.1. The van der Waals surface area contributed by atoms with E-state index < -0.39 is 23.6 Å². The topological polar surface area (TPSA) is 90.7 Å².